The average Bonchev–Trinajstić information content (AvgIpc) is 2.76. The first kappa shape index (κ1) is 23.5. The Bertz CT molecular complexity index is 937. The van der Waals surface area contributed by atoms with Crippen molar-refractivity contribution in [3.63, 3.8) is 0 Å². The van der Waals surface area contributed by atoms with Gasteiger partial charge in [-0.3, -0.25) is 14.9 Å². The SMILES string of the molecule is CCCOc1cc(NC(=O)COc2ccc(CC#N)cc2)c([N+](=O)[O-])cc1OCCC. The van der Waals surface area contributed by atoms with E-state index in [2.05, 4.69) is 5.32 Å². The molecule has 0 saturated carbocycles. The quantitative estimate of drug-likeness (QED) is 0.396. The summed E-state index contributed by atoms with van der Waals surface area (Å²) >= 11 is 0. The molecule has 0 heterocycles. The zero-order valence-corrected chi connectivity index (χ0v) is 17.6. The number of nitrogens with zero attached hydrogens (tertiary/aromatic N) is 2. The van der Waals surface area contributed by atoms with Crippen molar-refractivity contribution in [1.82, 2.24) is 0 Å². The minimum atomic E-state index is -0.590. The minimum Gasteiger partial charge on any atom is -0.490 e. The number of benzene rings is 2. The van der Waals surface area contributed by atoms with Crippen molar-refractivity contribution in [2.75, 3.05) is 25.1 Å². The third kappa shape index (κ3) is 7.19. The smallest absolute Gasteiger partial charge is 0.296 e. The summed E-state index contributed by atoms with van der Waals surface area (Å²) < 4.78 is 16.7. The Balaban J connectivity index is 2.14. The van der Waals surface area contributed by atoms with E-state index in [1.807, 2.05) is 19.9 Å². The molecule has 0 spiro atoms. The van der Waals surface area contributed by atoms with Gasteiger partial charge < -0.3 is 19.5 Å². The molecule has 2 aromatic carbocycles. The van der Waals surface area contributed by atoms with Crippen LogP contribution in [0.3, 0.4) is 0 Å². The van der Waals surface area contributed by atoms with E-state index in [0.717, 1.165) is 18.4 Å². The number of nitriles is 1. The molecule has 0 aromatic heterocycles. The van der Waals surface area contributed by atoms with Crippen LogP contribution in [0.1, 0.15) is 32.3 Å². The third-order valence-electron chi connectivity index (χ3n) is 4.03. The maximum absolute atomic E-state index is 12.3. The normalized spacial score (nSPS) is 10.1. The summed E-state index contributed by atoms with van der Waals surface area (Å²) in [5, 5.41) is 22.7. The zero-order chi connectivity index (χ0) is 22.6. The van der Waals surface area contributed by atoms with Crippen molar-refractivity contribution in [1.29, 1.82) is 5.26 Å². The number of nitro benzene ring substituents is 1. The van der Waals surface area contributed by atoms with Gasteiger partial charge in [0.05, 0.1) is 36.7 Å². The number of nitrogens with one attached hydrogen (secondary N) is 1. The number of anilines is 1. The fourth-order valence-electron chi connectivity index (χ4n) is 2.58. The van der Waals surface area contributed by atoms with Gasteiger partial charge in [-0.15, -0.1) is 0 Å². The summed E-state index contributed by atoms with van der Waals surface area (Å²) in [6.45, 7) is 4.30. The molecule has 31 heavy (non-hydrogen) atoms. The second kappa shape index (κ2) is 12.0. The third-order valence-corrected chi connectivity index (χ3v) is 4.03. The van der Waals surface area contributed by atoms with E-state index in [1.165, 1.54) is 12.1 Å². The summed E-state index contributed by atoms with van der Waals surface area (Å²) in [5.74, 6) is 0.466. The molecule has 0 bridgehead atoms. The highest BCUT2D eigenvalue weighted by Crippen LogP contribution is 2.38. The summed E-state index contributed by atoms with van der Waals surface area (Å²) in [7, 11) is 0. The lowest BCUT2D eigenvalue weighted by molar-refractivity contribution is -0.384. The molecule has 2 aromatic rings. The minimum absolute atomic E-state index is 0.00193. The number of hydrogen-bond acceptors (Lipinski definition) is 7. The standard InChI is InChI=1S/C22H25N3O6/c1-3-11-29-20-13-18(19(25(27)28)14-21(20)30-12-4-2)24-22(26)15-31-17-7-5-16(6-8-17)9-10-23/h5-8,13-14H,3-4,9,11-12,15H2,1-2H3,(H,24,26). The maximum atomic E-state index is 12.3. The Morgan fingerprint density at radius 3 is 2.23 bits per heavy atom. The Hall–Kier alpha value is -3.80. The monoisotopic (exact) mass is 427 g/mol. The van der Waals surface area contributed by atoms with E-state index in [4.69, 9.17) is 19.5 Å². The van der Waals surface area contributed by atoms with Crippen LogP contribution in [-0.4, -0.2) is 30.7 Å². The van der Waals surface area contributed by atoms with E-state index >= 15 is 0 Å². The lowest BCUT2D eigenvalue weighted by atomic mass is 10.2. The van der Waals surface area contributed by atoms with Crippen LogP contribution in [0.25, 0.3) is 0 Å². The molecule has 2 rings (SSSR count). The van der Waals surface area contributed by atoms with Crippen LogP contribution in [-0.2, 0) is 11.2 Å². The molecule has 9 heteroatoms. The lowest BCUT2D eigenvalue weighted by Gasteiger charge is -2.15. The molecule has 9 nitrogen and oxygen atoms in total. The predicted octanol–water partition coefficient (Wildman–Crippen LogP) is 4.26. The molecular weight excluding hydrogens is 402 g/mol. The van der Waals surface area contributed by atoms with Gasteiger partial charge in [0.1, 0.15) is 11.4 Å². The van der Waals surface area contributed by atoms with Gasteiger partial charge in [-0.1, -0.05) is 26.0 Å². The molecule has 0 aliphatic heterocycles. The summed E-state index contributed by atoms with van der Waals surface area (Å²) in [6.07, 6.45) is 1.76. The Kier molecular flexibility index (Phi) is 9.11. The van der Waals surface area contributed by atoms with E-state index in [1.54, 1.807) is 24.3 Å². The van der Waals surface area contributed by atoms with E-state index in [-0.39, 0.29) is 30.2 Å². The summed E-state index contributed by atoms with van der Waals surface area (Å²) in [6, 6.07) is 11.5. The van der Waals surface area contributed by atoms with Crippen molar-refractivity contribution in [2.45, 2.75) is 33.1 Å². The molecule has 0 saturated heterocycles. The van der Waals surface area contributed by atoms with Gasteiger partial charge in [0.15, 0.2) is 18.1 Å². The topological polar surface area (TPSA) is 124 Å². The van der Waals surface area contributed by atoms with Crippen molar-refractivity contribution < 1.29 is 23.9 Å². The van der Waals surface area contributed by atoms with Crippen LogP contribution >= 0.6 is 0 Å². The first-order valence-corrected chi connectivity index (χ1v) is 9.95. The Labute approximate surface area is 180 Å². The number of ether oxygens (including phenoxy) is 3. The molecule has 1 amide bonds. The first-order chi connectivity index (χ1) is 15.0. The van der Waals surface area contributed by atoms with E-state index < -0.39 is 10.8 Å². The maximum Gasteiger partial charge on any atom is 0.296 e. The van der Waals surface area contributed by atoms with Gasteiger partial charge in [0.2, 0.25) is 0 Å². The van der Waals surface area contributed by atoms with Gasteiger partial charge in [0.25, 0.3) is 11.6 Å². The molecule has 0 aliphatic rings. The number of hydrogen-bond donors (Lipinski definition) is 1. The van der Waals surface area contributed by atoms with Crippen LogP contribution in [0.4, 0.5) is 11.4 Å². The van der Waals surface area contributed by atoms with Crippen LogP contribution in [0.2, 0.25) is 0 Å². The molecule has 0 radical (unpaired) electrons. The van der Waals surface area contributed by atoms with Crippen molar-refractivity contribution in [3.05, 3.63) is 52.1 Å². The molecule has 0 aliphatic carbocycles. The lowest BCUT2D eigenvalue weighted by Crippen LogP contribution is -2.21. The second-order valence-corrected chi connectivity index (χ2v) is 6.59. The van der Waals surface area contributed by atoms with Gasteiger partial charge in [-0.25, -0.2) is 0 Å². The first-order valence-electron chi connectivity index (χ1n) is 9.95. The van der Waals surface area contributed by atoms with E-state index in [0.29, 0.717) is 24.7 Å². The zero-order valence-electron chi connectivity index (χ0n) is 17.6. The highest BCUT2D eigenvalue weighted by molar-refractivity contribution is 5.94. The molecule has 1 N–H and O–H groups in total. The molecular formula is C22H25N3O6. The fraction of sp³-hybridized carbons (Fsp3) is 0.364. The second-order valence-electron chi connectivity index (χ2n) is 6.59. The number of rotatable bonds is 12. The predicted molar refractivity (Wildman–Crippen MR) is 115 cm³/mol. The molecule has 0 atom stereocenters. The van der Waals surface area contributed by atoms with Gasteiger partial charge in [0, 0.05) is 6.07 Å². The number of carbonyl (C=O) groups excluding carboxylic acids is 1. The number of carbonyl (C=O) groups is 1. The van der Waals surface area contributed by atoms with Crippen LogP contribution < -0.4 is 19.5 Å². The summed E-state index contributed by atoms with van der Waals surface area (Å²) in [5.41, 5.74) is 0.530. The van der Waals surface area contributed by atoms with Crippen LogP contribution in [0, 0.1) is 21.4 Å². The van der Waals surface area contributed by atoms with E-state index in [9.17, 15) is 14.9 Å². The van der Waals surface area contributed by atoms with Crippen molar-refractivity contribution >= 4 is 17.3 Å². The fourth-order valence-corrected chi connectivity index (χ4v) is 2.58. The van der Waals surface area contributed by atoms with Gasteiger partial charge in [-0.05, 0) is 30.5 Å². The number of amides is 1. The van der Waals surface area contributed by atoms with Gasteiger partial charge >= 0.3 is 0 Å². The van der Waals surface area contributed by atoms with Crippen LogP contribution in [0.5, 0.6) is 17.2 Å². The molecule has 0 fully saturated rings. The highest BCUT2D eigenvalue weighted by atomic mass is 16.6. The van der Waals surface area contributed by atoms with Gasteiger partial charge in [-0.2, -0.15) is 5.26 Å². The van der Waals surface area contributed by atoms with Crippen molar-refractivity contribution in [2.24, 2.45) is 0 Å². The molecule has 0 unspecified atom stereocenters. The average molecular weight is 427 g/mol. The van der Waals surface area contributed by atoms with Crippen molar-refractivity contribution in [3.8, 4) is 23.3 Å². The number of nitro groups is 1. The Morgan fingerprint density at radius 2 is 1.68 bits per heavy atom. The Morgan fingerprint density at radius 1 is 1.06 bits per heavy atom. The largest absolute Gasteiger partial charge is 0.490 e. The highest BCUT2D eigenvalue weighted by Gasteiger charge is 2.22. The summed E-state index contributed by atoms with van der Waals surface area (Å²) in [4.78, 5) is 23.3. The van der Waals surface area contributed by atoms with Crippen LogP contribution in [0.15, 0.2) is 36.4 Å². The molecule has 164 valence electrons.